The highest BCUT2D eigenvalue weighted by molar-refractivity contribution is 6.29. The molecule has 1 atom stereocenters. The highest BCUT2D eigenvalue weighted by Crippen LogP contribution is 2.42. The van der Waals surface area contributed by atoms with Crippen LogP contribution < -0.4 is 5.32 Å². The van der Waals surface area contributed by atoms with Crippen LogP contribution >= 0.6 is 11.6 Å². The van der Waals surface area contributed by atoms with E-state index in [4.69, 9.17) is 11.6 Å². The summed E-state index contributed by atoms with van der Waals surface area (Å²) >= 11 is 6.06. The molecular weight excluding hydrogens is 417 g/mol. The number of fused-ring (bicyclic) bond motifs is 4. The summed E-state index contributed by atoms with van der Waals surface area (Å²) in [5.41, 5.74) is 1.76. The van der Waals surface area contributed by atoms with Crippen molar-refractivity contribution in [3.8, 4) is 17.2 Å². The fourth-order valence-electron chi connectivity index (χ4n) is 5.07. The third-order valence-electron chi connectivity index (χ3n) is 6.64. The van der Waals surface area contributed by atoms with E-state index in [0.29, 0.717) is 28.5 Å². The molecule has 0 aliphatic heterocycles. The molecule has 4 aromatic heterocycles. The number of halogens is 2. The zero-order chi connectivity index (χ0) is 20.9. The predicted molar refractivity (Wildman–Crippen MR) is 117 cm³/mol. The first kappa shape index (κ1) is 18.7. The predicted octanol–water partition coefficient (Wildman–Crippen LogP) is 4.99. The van der Waals surface area contributed by atoms with Gasteiger partial charge in [0.2, 0.25) is 5.82 Å². The lowest BCUT2D eigenvalue weighted by Crippen LogP contribution is -2.40. The van der Waals surface area contributed by atoms with Crippen molar-refractivity contribution in [2.75, 3.05) is 5.32 Å². The molecule has 2 N–H and O–H groups in total. The van der Waals surface area contributed by atoms with Crippen molar-refractivity contribution in [3.05, 3.63) is 47.9 Å². The standard InChI is InChI=1S/C22H21ClFN7/c23-16-11-26-21-18(28-16)14(10-25-21)19-29-20(17(24)22(30-19)31-7-1-2-8-31)27-15-9-12-3-5-13(15)6-4-12/h1-2,7-8,10-13,15H,3-6,9H2,(H,25,26)(H,27,29,30). The first-order chi connectivity index (χ1) is 15.2. The zero-order valence-electron chi connectivity index (χ0n) is 16.7. The largest absolute Gasteiger partial charge is 0.364 e. The molecule has 0 spiro atoms. The van der Waals surface area contributed by atoms with Crippen molar-refractivity contribution >= 4 is 28.6 Å². The average Bonchev–Trinajstić information content (AvgIpc) is 3.46. The molecule has 0 saturated heterocycles. The first-order valence-electron chi connectivity index (χ1n) is 10.6. The lowest BCUT2D eigenvalue weighted by atomic mass is 9.68. The van der Waals surface area contributed by atoms with E-state index in [2.05, 4.69) is 30.2 Å². The maximum Gasteiger partial charge on any atom is 0.208 e. The Hall–Kier alpha value is -3.00. The molecule has 7 rings (SSSR count). The van der Waals surface area contributed by atoms with Crippen LogP contribution in [0.4, 0.5) is 10.2 Å². The molecule has 0 amide bonds. The maximum atomic E-state index is 15.6. The smallest absolute Gasteiger partial charge is 0.208 e. The molecule has 158 valence electrons. The van der Waals surface area contributed by atoms with Gasteiger partial charge in [-0.2, -0.15) is 4.39 Å². The number of anilines is 1. The quantitative estimate of drug-likeness (QED) is 0.470. The average molecular weight is 438 g/mol. The molecule has 3 fully saturated rings. The van der Waals surface area contributed by atoms with E-state index in [1.165, 1.54) is 31.9 Å². The van der Waals surface area contributed by atoms with Crippen LogP contribution in [-0.4, -0.2) is 35.5 Å². The summed E-state index contributed by atoms with van der Waals surface area (Å²) < 4.78 is 17.2. The van der Waals surface area contributed by atoms with Crippen LogP contribution in [0.5, 0.6) is 0 Å². The molecule has 0 radical (unpaired) electrons. The second-order valence-electron chi connectivity index (χ2n) is 8.48. The monoisotopic (exact) mass is 437 g/mol. The van der Waals surface area contributed by atoms with Crippen molar-refractivity contribution < 1.29 is 4.39 Å². The van der Waals surface area contributed by atoms with Gasteiger partial charge in [0.1, 0.15) is 10.7 Å². The number of nitrogens with zero attached hydrogens (tertiary/aromatic N) is 5. The van der Waals surface area contributed by atoms with Crippen LogP contribution in [-0.2, 0) is 0 Å². The third kappa shape index (κ3) is 3.26. The molecule has 9 heteroatoms. The molecule has 31 heavy (non-hydrogen) atoms. The van der Waals surface area contributed by atoms with Crippen LogP contribution in [0.3, 0.4) is 0 Å². The van der Waals surface area contributed by atoms with Crippen molar-refractivity contribution in [1.82, 2.24) is 29.5 Å². The van der Waals surface area contributed by atoms with Gasteiger partial charge in [-0.3, -0.25) is 0 Å². The Kier molecular flexibility index (Phi) is 4.41. The Morgan fingerprint density at radius 3 is 2.65 bits per heavy atom. The zero-order valence-corrected chi connectivity index (χ0v) is 17.5. The van der Waals surface area contributed by atoms with Gasteiger partial charge < -0.3 is 14.9 Å². The summed E-state index contributed by atoms with van der Waals surface area (Å²) in [6.07, 6.45) is 12.8. The van der Waals surface area contributed by atoms with Gasteiger partial charge in [0.25, 0.3) is 0 Å². The van der Waals surface area contributed by atoms with Crippen LogP contribution in [0.15, 0.2) is 36.9 Å². The van der Waals surface area contributed by atoms with Gasteiger partial charge in [0.05, 0.1) is 11.8 Å². The molecule has 4 aromatic rings. The van der Waals surface area contributed by atoms with Crippen LogP contribution in [0.25, 0.3) is 28.4 Å². The summed E-state index contributed by atoms with van der Waals surface area (Å²) in [6.45, 7) is 0. The Morgan fingerprint density at radius 2 is 1.90 bits per heavy atom. The van der Waals surface area contributed by atoms with Gasteiger partial charge in [-0.1, -0.05) is 24.4 Å². The van der Waals surface area contributed by atoms with Gasteiger partial charge in [0, 0.05) is 24.6 Å². The summed E-state index contributed by atoms with van der Waals surface area (Å²) in [7, 11) is 0. The van der Waals surface area contributed by atoms with Gasteiger partial charge in [-0.25, -0.2) is 19.9 Å². The van der Waals surface area contributed by atoms with E-state index in [1.54, 1.807) is 23.2 Å². The van der Waals surface area contributed by atoms with E-state index >= 15 is 4.39 Å². The summed E-state index contributed by atoms with van der Waals surface area (Å²) in [6, 6.07) is 3.91. The van der Waals surface area contributed by atoms with Crippen LogP contribution in [0.2, 0.25) is 5.15 Å². The highest BCUT2D eigenvalue weighted by atomic mass is 35.5. The molecule has 7 nitrogen and oxygen atoms in total. The van der Waals surface area contributed by atoms with Crippen molar-refractivity contribution in [3.63, 3.8) is 0 Å². The van der Waals surface area contributed by atoms with E-state index in [-0.39, 0.29) is 22.8 Å². The fraction of sp³-hybridized carbons (Fsp3) is 0.364. The molecule has 0 aromatic carbocycles. The lowest BCUT2D eigenvalue weighted by molar-refractivity contribution is 0.157. The summed E-state index contributed by atoms with van der Waals surface area (Å²) in [5.74, 6) is 1.64. The summed E-state index contributed by atoms with van der Waals surface area (Å²) in [5, 5.41) is 3.71. The van der Waals surface area contributed by atoms with Gasteiger partial charge in [0.15, 0.2) is 23.1 Å². The minimum Gasteiger partial charge on any atom is -0.364 e. The third-order valence-corrected chi connectivity index (χ3v) is 6.83. The normalized spacial score (nSPS) is 22.8. The second kappa shape index (κ2) is 7.30. The number of H-pyrrole nitrogens is 1. The molecule has 3 aliphatic carbocycles. The topological polar surface area (TPSA) is 84.3 Å². The van der Waals surface area contributed by atoms with Crippen molar-refractivity contribution in [2.24, 2.45) is 11.8 Å². The Bertz CT molecular complexity index is 1240. The Balaban J connectivity index is 1.47. The van der Waals surface area contributed by atoms with Gasteiger partial charge in [-0.15, -0.1) is 0 Å². The van der Waals surface area contributed by atoms with E-state index in [0.717, 1.165) is 12.3 Å². The van der Waals surface area contributed by atoms with Crippen LogP contribution in [0, 0.1) is 17.7 Å². The van der Waals surface area contributed by atoms with E-state index in [9.17, 15) is 0 Å². The van der Waals surface area contributed by atoms with Crippen molar-refractivity contribution in [2.45, 2.75) is 38.1 Å². The number of nitrogens with one attached hydrogen (secondary N) is 2. The molecule has 2 bridgehead atoms. The molecule has 4 heterocycles. The molecule has 1 unspecified atom stereocenters. The van der Waals surface area contributed by atoms with Crippen molar-refractivity contribution in [1.29, 1.82) is 0 Å². The SMILES string of the molecule is Fc1c(NC2CC3CCC2CC3)nc(-c2c[nH]c3ncc(Cl)nc23)nc1-n1cccc1. The fourth-order valence-corrected chi connectivity index (χ4v) is 5.20. The second-order valence-corrected chi connectivity index (χ2v) is 8.87. The number of aromatic nitrogens is 6. The van der Waals surface area contributed by atoms with Gasteiger partial charge in [-0.05, 0) is 43.2 Å². The minimum atomic E-state index is -0.453. The molecule has 3 aliphatic rings. The summed E-state index contributed by atoms with van der Waals surface area (Å²) in [4.78, 5) is 20.9. The minimum absolute atomic E-state index is 0.197. The maximum absolute atomic E-state index is 15.6. The Labute approximate surface area is 183 Å². The Morgan fingerprint density at radius 1 is 1.10 bits per heavy atom. The van der Waals surface area contributed by atoms with Gasteiger partial charge >= 0.3 is 0 Å². The van der Waals surface area contributed by atoms with Crippen LogP contribution in [0.1, 0.15) is 32.1 Å². The molecular formula is C22H21ClFN7. The van der Waals surface area contributed by atoms with E-state index < -0.39 is 5.82 Å². The highest BCUT2D eigenvalue weighted by Gasteiger charge is 2.36. The number of hydrogen-bond acceptors (Lipinski definition) is 5. The molecule has 3 saturated carbocycles. The van der Waals surface area contributed by atoms with E-state index in [1.807, 2.05) is 12.1 Å². The first-order valence-corrected chi connectivity index (χ1v) is 11.0. The lowest BCUT2D eigenvalue weighted by Gasteiger charge is -2.42. The number of aromatic amines is 1. The number of rotatable bonds is 4. The number of hydrogen-bond donors (Lipinski definition) is 2.